The second-order valence-electron chi connectivity index (χ2n) is 0.0589. The molecule has 0 saturated heterocycles. The molecule has 0 aromatic rings. The Bertz CT molecular complexity index is 11.2. The van der Waals surface area contributed by atoms with E-state index in [-0.39, 0.29) is 37.0 Å². The molecule has 62 valence electrons. The molecule has 0 aromatic carbocycles. The van der Waals surface area contributed by atoms with E-state index in [1.165, 1.54) is 0 Å². The first-order valence-corrected chi connectivity index (χ1v) is 7.09. The fourth-order valence-corrected chi connectivity index (χ4v) is 0. The summed E-state index contributed by atoms with van der Waals surface area (Å²) in [5.41, 5.74) is 0. The average Bonchev–Trinajstić information content (AvgIpc) is 0.918. The van der Waals surface area contributed by atoms with Gasteiger partial charge in [0.25, 0.3) is 0 Å². The molecule has 4 nitrogen and oxygen atoms in total. The summed E-state index contributed by atoms with van der Waals surface area (Å²) in [6, 6.07) is 0. The maximum absolute atomic E-state index is 4.35. The normalized spacial score (nSPS) is 2.75. The van der Waals surface area contributed by atoms with E-state index >= 15 is 0 Å². The van der Waals surface area contributed by atoms with E-state index in [9.17, 15) is 0 Å². The maximum atomic E-state index is 4.35. The van der Waals surface area contributed by atoms with Crippen LogP contribution in [0.3, 0.4) is 0 Å². The zero-order valence-electron chi connectivity index (χ0n) is 3.93. The van der Waals surface area contributed by atoms with Crippen LogP contribution in [0.5, 0.6) is 0 Å². The molecule has 0 fully saturated rings. The van der Waals surface area contributed by atoms with Crippen molar-refractivity contribution in [1.29, 1.82) is 0 Å². The summed E-state index contributed by atoms with van der Waals surface area (Å²) in [5, 5.41) is 0. The minimum absolute atomic E-state index is 0. The van der Waals surface area contributed by atoms with E-state index in [1.807, 2.05) is 0 Å². The Morgan fingerprint density at radius 3 is 0.750 bits per heavy atom. The number of rotatable bonds is 0. The van der Waals surface area contributed by atoms with Gasteiger partial charge in [-0.2, -0.15) is 0 Å². The molecule has 0 bridgehead atoms. The summed E-state index contributed by atoms with van der Waals surface area (Å²) < 4.78 is 0. The van der Waals surface area contributed by atoms with Crippen molar-refractivity contribution in [3.8, 4) is 0 Å². The minimum Gasteiger partial charge on any atom is -0.693 e. The van der Waals surface area contributed by atoms with Gasteiger partial charge in [-0.05, 0) is 0 Å². The molecule has 0 radical (unpaired) electrons. The standard InChI is InChI=1S/ClH2.2ClH.4H2N.Os/h1H2;2*1H;4*1H2;/q+1;;;4*-1;+2. The first-order valence-electron chi connectivity index (χ1n) is 0.289. The van der Waals surface area contributed by atoms with Crippen LogP contribution in [0.2, 0.25) is 0 Å². The Hall–Kier alpha value is 1.35. The van der Waals surface area contributed by atoms with Gasteiger partial charge in [-0.15, -0.1) is 0 Å². The Morgan fingerprint density at radius 2 is 0.750 bits per heavy atom. The summed E-state index contributed by atoms with van der Waals surface area (Å²) in [4.78, 5) is 0. The van der Waals surface area contributed by atoms with Crippen molar-refractivity contribution in [1.82, 2.24) is 0 Å². The van der Waals surface area contributed by atoms with Crippen molar-refractivity contribution in [3.05, 3.63) is 24.6 Å². The predicted molar refractivity (Wildman–Crippen MR) is 26.7 cm³/mol. The van der Waals surface area contributed by atoms with Crippen molar-refractivity contribution in [2.45, 2.75) is 0 Å². The van der Waals surface area contributed by atoms with Crippen molar-refractivity contribution in [2.75, 3.05) is 0 Å². The molecule has 8 N–H and O–H groups in total. The van der Waals surface area contributed by atoms with Crippen LogP contribution in [0.15, 0.2) is 0 Å². The smallest absolute Gasteiger partial charge is 0.0903 e. The summed E-state index contributed by atoms with van der Waals surface area (Å²) in [6.45, 7) is 0. The third-order valence-electron chi connectivity index (χ3n) is 0. The molecule has 0 aromatic heterocycles. The van der Waals surface area contributed by atoms with Crippen LogP contribution in [0.25, 0.3) is 24.6 Å². The molecule has 8 heteroatoms. The molecular weight excluding hydrogens is 353 g/mol. The van der Waals surface area contributed by atoms with Gasteiger partial charge in [0.05, 0.1) is 12.4 Å². The quantitative estimate of drug-likeness (QED) is 0.619. The third kappa shape index (κ3) is 163. The second kappa shape index (κ2) is 81.8. The summed E-state index contributed by atoms with van der Waals surface area (Å²) in [7, 11) is 8.69. The SMILES string of the molecule is [ClH+][Os][ClH+].[ClH2+].[NH2-].[NH2-].[NH2-].[NH2-]. The van der Waals surface area contributed by atoms with Crippen LogP contribution < -0.4 is 0 Å². The Morgan fingerprint density at radius 1 is 0.750 bits per heavy atom. The predicted octanol–water partition coefficient (Wildman–Crippen LogP) is 1.80. The van der Waals surface area contributed by atoms with E-state index in [2.05, 4.69) is 19.3 Å². The topological polar surface area (TPSA) is 134 Å². The first kappa shape index (κ1) is 58.1. The molecule has 0 aliphatic heterocycles. The van der Waals surface area contributed by atoms with Crippen molar-refractivity contribution in [3.63, 3.8) is 0 Å². The van der Waals surface area contributed by atoms with Crippen LogP contribution in [0.4, 0.5) is 0 Å². The van der Waals surface area contributed by atoms with Gasteiger partial charge in [0.1, 0.15) is 0 Å². The molecule has 8 heavy (non-hydrogen) atoms. The van der Waals surface area contributed by atoms with Gasteiger partial charge in [-0.3, -0.25) is 0 Å². The molecule has 0 saturated carbocycles. The van der Waals surface area contributed by atoms with E-state index in [0.29, 0.717) is 0 Å². The average molecular weight is 365 g/mol. The van der Waals surface area contributed by atoms with Gasteiger partial charge in [-0.1, -0.05) is 0 Å². The van der Waals surface area contributed by atoms with Crippen LogP contribution in [0, 0.1) is 31.7 Å². The monoisotopic (exact) mass is 365 g/mol. The van der Waals surface area contributed by atoms with Gasteiger partial charge in [-0.25, -0.2) is 0 Å². The Labute approximate surface area is 71.6 Å². The van der Waals surface area contributed by atoms with Crippen molar-refractivity contribution < 1.29 is 47.1 Å². The molecule has 0 amide bonds. The molecule has 0 heterocycles. The first-order chi connectivity index (χ1) is 1.41. The molecule has 0 aliphatic carbocycles. The van der Waals surface area contributed by atoms with Gasteiger partial charge in [0.15, 0.2) is 0 Å². The van der Waals surface area contributed by atoms with Gasteiger partial charge < -0.3 is 24.6 Å². The van der Waals surface area contributed by atoms with Crippen molar-refractivity contribution >= 4 is 0 Å². The molecular formula is H12Cl3N4Os-. The van der Waals surface area contributed by atoms with Crippen molar-refractivity contribution in [2.24, 2.45) is 0 Å². The van der Waals surface area contributed by atoms with E-state index < -0.39 is 15.4 Å². The summed E-state index contributed by atoms with van der Waals surface area (Å²) >= 11 is -0.417. The Kier molecular flexibility index (Phi) is 595. The number of halogens is 3. The molecule has 0 unspecified atom stereocenters. The van der Waals surface area contributed by atoms with E-state index in [4.69, 9.17) is 0 Å². The third-order valence-corrected chi connectivity index (χ3v) is 0. The Balaban J connectivity index is -0.00000000200. The molecule has 0 aliphatic rings. The largest absolute Gasteiger partial charge is 0.693 e. The fraction of sp³-hybridized carbons (Fsp3) is 0. The van der Waals surface area contributed by atoms with Crippen LogP contribution >= 0.6 is 0 Å². The molecule has 0 atom stereocenters. The second-order valence-corrected chi connectivity index (χ2v) is 4.34. The van der Waals surface area contributed by atoms with Gasteiger partial charge >= 0.3 is 34.7 Å². The number of hydrogen-bond donors (Lipinski definition) is 0. The molecule has 0 spiro atoms. The number of nitrogens with two attached hydrogens (primary N) is 4. The number of hydrogen-bond acceptors (Lipinski definition) is 0. The fourth-order valence-electron chi connectivity index (χ4n) is 0. The van der Waals surface area contributed by atoms with E-state index in [1.54, 1.807) is 0 Å². The van der Waals surface area contributed by atoms with Crippen LogP contribution in [0.1, 0.15) is 0 Å². The molecule has 0 rings (SSSR count). The van der Waals surface area contributed by atoms with Gasteiger partial charge in [0.2, 0.25) is 0 Å². The van der Waals surface area contributed by atoms with Gasteiger partial charge in [0, 0.05) is 0 Å². The summed E-state index contributed by atoms with van der Waals surface area (Å²) in [5.74, 6) is 0. The zero-order chi connectivity index (χ0) is 2.71. The minimum atomic E-state index is -0.417. The maximum Gasteiger partial charge on any atom is 0.0903 e. The van der Waals surface area contributed by atoms with Crippen LogP contribution in [-0.4, -0.2) is 0 Å². The van der Waals surface area contributed by atoms with E-state index in [0.717, 1.165) is 0 Å². The zero-order valence-corrected chi connectivity index (χ0v) is 8.99. The summed E-state index contributed by atoms with van der Waals surface area (Å²) in [6.07, 6.45) is 0. The van der Waals surface area contributed by atoms with Crippen LogP contribution in [-0.2, 0) is 15.4 Å².